The second kappa shape index (κ2) is 9.27. The summed E-state index contributed by atoms with van der Waals surface area (Å²) in [6.45, 7) is 0.944. The van der Waals surface area contributed by atoms with E-state index in [9.17, 15) is 0 Å². The van der Waals surface area contributed by atoms with Gasteiger partial charge in [-0.3, -0.25) is 0 Å². The van der Waals surface area contributed by atoms with Gasteiger partial charge in [-0.2, -0.15) is 4.98 Å². The molecule has 0 saturated heterocycles. The number of nitrogens with zero attached hydrogens (tertiary/aromatic N) is 1. The van der Waals surface area contributed by atoms with E-state index in [1.807, 2.05) is 12.1 Å². The molecule has 31 heavy (non-hydrogen) atoms. The highest BCUT2D eigenvalue weighted by Crippen LogP contribution is 2.36. The maximum absolute atomic E-state index is 5.52. The first kappa shape index (κ1) is 21.0. The van der Waals surface area contributed by atoms with Crippen molar-refractivity contribution in [2.45, 2.75) is 18.9 Å². The Bertz CT molecular complexity index is 1050. The van der Waals surface area contributed by atoms with Crippen molar-refractivity contribution in [1.82, 2.24) is 10.3 Å². The molecule has 2 aromatic carbocycles. The molecule has 0 spiro atoms. The molecule has 0 bridgehead atoms. The van der Waals surface area contributed by atoms with Crippen molar-refractivity contribution in [3.05, 3.63) is 65.2 Å². The van der Waals surface area contributed by atoms with E-state index in [4.69, 9.17) is 18.9 Å². The Morgan fingerprint density at radius 2 is 1.61 bits per heavy atom. The summed E-state index contributed by atoms with van der Waals surface area (Å²) >= 11 is 0. The van der Waals surface area contributed by atoms with Gasteiger partial charge in [-0.25, -0.2) is 0 Å². The van der Waals surface area contributed by atoms with E-state index in [1.165, 1.54) is 16.7 Å². The lowest BCUT2D eigenvalue weighted by molar-refractivity contribution is 0.352. The SMILES string of the molecule is COc1ccc(-c2ccc(CC3NCCc4cc(OC)c(OC)cc43)cc2)c(OC)n1. The van der Waals surface area contributed by atoms with Crippen LogP contribution in [0.5, 0.6) is 23.3 Å². The van der Waals surface area contributed by atoms with Crippen LogP contribution in [-0.2, 0) is 12.8 Å². The third-order valence-electron chi connectivity index (χ3n) is 5.75. The molecule has 1 aliphatic heterocycles. The predicted octanol–water partition coefficient (Wildman–Crippen LogP) is 4.21. The van der Waals surface area contributed by atoms with Crippen LogP contribution in [0.4, 0.5) is 0 Å². The maximum atomic E-state index is 5.52. The van der Waals surface area contributed by atoms with Gasteiger partial charge in [0.2, 0.25) is 11.8 Å². The van der Waals surface area contributed by atoms with Crippen LogP contribution in [0.1, 0.15) is 22.7 Å². The minimum absolute atomic E-state index is 0.228. The molecular weight excluding hydrogens is 392 g/mol. The van der Waals surface area contributed by atoms with Gasteiger partial charge >= 0.3 is 0 Å². The van der Waals surface area contributed by atoms with Gasteiger partial charge in [0.1, 0.15) is 0 Å². The fourth-order valence-electron chi connectivity index (χ4n) is 4.12. The monoisotopic (exact) mass is 420 g/mol. The van der Waals surface area contributed by atoms with E-state index in [0.717, 1.165) is 42.0 Å². The zero-order valence-corrected chi connectivity index (χ0v) is 18.4. The van der Waals surface area contributed by atoms with Crippen molar-refractivity contribution >= 4 is 0 Å². The van der Waals surface area contributed by atoms with E-state index in [2.05, 4.69) is 46.7 Å². The Balaban J connectivity index is 1.57. The number of nitrogens with one attached hydrogen (secondary N) is 1. The first-order valence-electron chi connectivity index (χ1n) is 10.3. The smallest absolute Gasteiger partial charge is 0.224 e. The fraction of sp³-hybridized carbons (Fsp3) is 0.320. The van der Waals surface area contributed by atoms with Crippen LogP contribution in [0.15, 0.2) is 48.5 Å². The number of benzene rings is 2. The number of hydrogen-bond acceptors (Lipinski definition) is 6. The van der Waals surface area contributed by atoms with Gasteiger partial charge in [0, 0.05) is 17.7 Å². The quantitative estimate of drug-likeness (QED) is 0.618. The molecule has 2 heterocycles. The topological polar surface area (TPSA) is 61.8 Å². The summed E-state index contributed by atoms with van der Waals surface area (Å²) in [7, 11) is 6.57. The van der Waals surface area contributed by atoms with Crippen molar-refractivity contribution < 1.29 is 18.9 Å². The Hall–Kier alpha value is -3.25. The number of rotatable bonds is 7. The zero-order valence-electron chi connectivity index (χ0n) is 18.4. The van der Waals surface area contributed by atoms with Crippen LogP contribution < -0.4 is 24.3 Å². The molecule has 0 saturated carbocycles. The lowest BCUT2D eigenvalue weighted by Gasteiger charge is -2.28. The highest BCUT2D eigenvalue weighted by molar-refractivity contribution is 5.69. The van der Waals surface area contributed by atoms with Gasteiger partial charge in [0.15, 0.2) is 11.5 Å². The first-order valence-corrected chi connectivity index (χ1v) is 10.3. The van der Waals surface area contributed by atoms with Crippen LogP contribution in [0, 0.1) is 0 Å². The minimum Gasteiger partial charge on any atom is -0.493 e. The molecule has 1 unspecified atom stereocenters. The Morgan fingerprint density at radius 1 is 0.871 bits per heavy atom. The second-order valence-corrected chi connectivity index (χ2v) is 7.47. The predicted molar refractivity (Wildman–Crippen MR) is 120 cm³/mol. The highest BCUT2D eigenvalue weighted by Gasteiger charge is 2.23. The third-order valence-corrected chi connectivity index (χ3v) is 5.75. The Labute approximate surface area is 183 Å². The summed E-state index contributed by atoms with van der Waals surface area (Å²) in [6.07, 6.45) is 1.87. The highest BCUT2D eigenvalue weighted by atomic mass is 16.5. The average molecular weight is 421 g/mol. The minimum atomic E-state index is 0.228. The van der Waals surface area contributed by atoms with Crippen LogP contribution in [-0.4, -0.2) is 40.0 Å². The normalized spacial score (nSPS) is 15.2. The van der Waals surface area contributed by atoms with E-state index < -0.39 is 0 Å². The molecule has 4 rings (SSSR count). The summed E-state index contributed by atoms with van der Waals surface area (Å²) in [5.41, 5.74) is 5.83. The second-order valence-electron chi connectivity index (χ2n) is 7.47. The van der Waals surface area contributed by atoms with E-state index >= 15 is 0 Å². The van der Waals surface area contributed by atoms with Gasteiger partial charge in [-0.05, 0) is 59.8 Å². The fourth-order valence-corrected chi connectivity index (χ4v) is 4.12. The van der Waals surface area contributed by atoms with Crippen LogP contribution >= 0.6 is 0 Å². The van der Waals surface area contributed by atoms with Crippen LogP contribution in [0.2, 0.25) is 0 Å². The number of ether oxygens (including phenoxy) is 4. The molecule has 162 valence electrons. The summed E-state index contributed by atoms with van der Waals surface area (Å²) < 4.78 is 21.6. The lowest BCUT2D eigenvalue weighted by atomic mass is 9.89. The molecule has 1 atom stereocenters. The number of fused-ring (bicyclic) bond motifs is 1. The number of hydrogen-bond donors (Lipinski definition) is 1. The van der Waals surface area contributed by atoms with Gasteiger partial charge in [-0.15, -0.1) is 0 Å². The van der Waals surface area contributed by atoms with Gasteiger partial charge in [0.25, 0.3) is 0 Å². The average Bonchev–Trinajstić information content (AvgIpc) is 2.83. The number of aromatic nitrogens is 1. The zero-order chi connectivity index (χ0) is 21.8. The molecule has 0 aliphatic carbocycles. The molecule has 1 aromatic heterocycles. The summed E-state index contributed by atoms with van der Waals surface area (Å²) in [5, 5.41) is 3.65. The van der Waals surface area contributed by atoms with Gasteiger partial charge in [0.05, 0.1) is 28.4 Å². The van der Waals surface area contributed by atoms with E-state index in [0.29, 0.717) is 11.8 Å². The van der Waals surface area contributed by atoms with Gasteiger partial charge in [-0.1, -0.05) is 24.3 Å². The van der Waals surface area contributed by atoms with Crippen LogP contribution in [0.25, 0.3) is 11.1 Å². The largest absolute Gasteiger partial charge is 0.493 e. The maximum Gasteiger partial charge on any atom is 0.224 e. The van der Waals surface area contributed by atoms with Crippen molar-refractivity contribution in [3.8, 4) is 34.4 Å². The standard InChI is InChI=1S/C25H28N2O4/c1-28-22-14-18-11-12-26-21(20(18)15-23(22)29-2)13-16-5-7-17(8-6-16)19-9-10-24(30-3)27-25(19)31-4/h5-10,14-15,21,26H,11-13H2,1-4H3. The summed E-state index contributed by atoms with van der Waals surface area (Å²) in [6, 6.07) is 16.8. The molecule has 6 nitrogen and oxygen atoms in total. The molecule has 0 amide bonds. The van der Waals surface area contributed by atoms with Crippen molar-refractivity contribution in [3.63, 3.8) is 0 Å². The molecule has 1 aliphatic rings. The molecule has 0 radical (unpaired) electrons. The van der Waals surface area contributed by atoms with Gasteiger partial charge < -0.3 is 24.3 Å². The number of methoxy groups -OCH3 is 4. The van der Waals surface area contributed by atoms with Crippen molar-refractivity contribution in [1.29, 1.82) is 0 Å². The lowest BCUT2D eigenvalue weighted by Crippen LogP contribution is -2.31. The molecule has 1 N–H and O–H groups in total. The molecule has 3 aromatic rings. The molecule has 6 heteroatoms. The third kappa shape index (κ3) is 4.30. The molecule has 0 fully saturated rings. The first-order chi connectivity index (χ1) is 15.2. The Morgan fingerprint density at radius 3 is 2.29 bits per heavy atom. The number of pyridine rings is 1. The van der Waals surface area contributed by atoms with Crippen LogP contribution in [0.3, 0.4) is 0 Å². The van der Waals surface area contributed by atoms with E-state index in [-0.39, 0.29) is 6.04 Å². The Kier molecular flexibility index (Phi) is 6.28. The van der Waals surface area contributed by atoms with Crippen molar-refractivity contribution in [2.24, 2.45) is 0 Å². The van der Waals surface area contributed by atoms with Crippen molar-refractivity contribution in [2.75, 3.05) is 35.0 Å². The molecular formula is C25H28N2O4. The summed E-state index contributed by atoms with van der Waals surface area (Å²) in [4.78, 5) is 4.38. The summed E-state index contributed by atoms with van der Waals surface area (Å²) in [5.74, 6) is 2.64. The van der Waals surface area contributed by atoms with E-state index in [1.54, 1.807) is 28.4 Å².